The average Bonchev–Trinajstić information content (AvgIpc) is 3.15. The Morgan fingerprint density at radius 1 is 1.16 bits per heavy atom. The number of anilines is 2. The van der Waals surface area contributed by atoms with Crippen LogP contribution in [0.5, 0.6) is 0 Å². The second-order valence-electron chi connectivity index (χ2n) is 8.25. The van der Waals surface area contributed by atoms with Crippen LogP contribution < -0.4 is 15.8 Å². The van der Waals surface area contributed by atoms with Crippen molar-refractivity contribution in [2.24, 2.45) is 7.05 Å². The lowest BCUT2D eigenvalue weighted by Gasteiger charge is -2.36. The zero-order chi connectivity index (χ0) is 22.2. The molecule has 1 saturated heterocycles. The largest absolute Gasteiger partial charge is 0.372 e. The number of fused-ring (bicyclic) bond motifs is 1. The molecular weight excluding hydrogens is 409 g/mol. The fourth-order valence-electron chi connectivity index (χ4n) is 4.16. The third-order valence-corrected chi connectivity index (χ3v) is 5.67. The molecule has 4 heterocycles. The molecule has 2 aromatic heterocycles. The summed E-state index contributed by atoms with van der Waals surface area (Å²) in [6.07, 6.45) is 8.96. The molecule has 9 heteroatoms. The quantitative estimate of drug-likeness (QED) is 0.651. The predicted molar refractivity (Wildman–Crippen MR) is 123 cm³/mol. The van der Waals surface area contributed by atoms with Crippen LogP contribution in [0.2, 0.25) is 0 Å². The Hall–Kier alpha value is -3.59. The van der Waals surface area contributed by atoms with Crippen LogP contribution in [-0.4, -0.2) is 45.2 Å². The molecule has 0 unspecified atom stereocenters. The highest BCUT2D eigenvalue weighted by molar-refractivity contribution is 5.85. The summed E-state index contributed by atoms with van der Waals surface area (Å²) in [6.45, 7) is 5.50. The highest BCUT2D eigenvalue weighted by atomic mass is 19.1. The van der Waals surface area contributed by atoms with Crippen molar-refractivity contribution in [1.29, 1.82) is 0 Å². The van der Waals surface area contributed by atoms with Gasteiger partial charge in [-0.25, -0.2) is 14.5 Å². The number of allylic oxidation sites excluding steroid dienone is 2. The molecule has 5 rings (SSSR count). The number of rotatable bonds is 4. The predicted octanol–water partition coefficient (Wildman–Crippen LogP) is 3.42. The second-order valence-corrected chi connectivity index (χ2v) is 8.25. The first kappa shape index (κ1) is 20.3. The molecule has 32 heavy (non-hydrogen) atoms. The van der Waals surface area contributed by atoms with E-state index in [1.807, 2.05) is 50.2 Å². The third-order valence-electron chi connectivity index (χ3n) is 5.67. The fraction of sp³-hybridized carbons (Fsp3) is 0.304. The summed E-state index contributed by atoms with van der Waals surface area (Å²) in [7, 11) is 1.93. The van der Waals surface area contributed by atoms with Gasteiger partial charge in [0.2, 0.25) is 0 Å². The molecule has 0 amide bonds. The van der Waals surface area contributed by atoms with Gasteiger partial charge in [0.05, 0.1) is 35.8 Å². The standard InChI is InChI=1S/C23H26FN7O/c1-15-13-30(14-16(2)32-15)23-9-21(20(24)12-25-23)28-31-7-6-18(10-27-31)17-4-5-22-19(8-17)11-26-29(22)3/h4-12,15-16,27H,13-14H2,1-3H3,(H,25,28)/t15-,16+. The van der Waals surface area contributed by atoms with Crippen LogP contribution in [0, 0.1) is 5.82 Å². The zero-order valence-electron chi connectivity index (χ0n) is 18.3. The van der Waals surface area contributed by atoms with E-state index in [4.69, 9.17) is 4.74 Å². The first-order valence-electron chi connectivity index (χ1n) is 10.6. The Morgan fingerprint density at radius 3 is 2.72 bits per heavy atom. The molecule has 2 N–H and O–H groups in total. The van der Waals surface area contributed by atoms with E-state index in [0.717, 1.165) is 40.9 Å². The fourth-order valence-corrected chi connectivity index (χ4v) is 4.16. The van der Waals surface area contributed by atoms with Gasteiger partial charge in [-0.05, 0) is 37.6 Å². The van der Waals surface area contributed by atoms with Gasteiger partial charge in [0.1, 0.15) is 5.82 Å². The first-order chi connectivity index (χ1) is 15.5. The molecular formula is C23H26FN7O. The van der Waals surface area contributed by atoms with Crippen LogP contribution in [0.3, 0.4) is 0 Å². The highest BCUT2D eigenvalue weighted by Crippen LogP contribution is 2.26. The average molecular weight is 436 g/mol. The number of halogens is 1. The normalized spacial score (nSPS) is 20.9. The lowest BCUT2D eigenvalue weighted by Crippen LogP contribution is -2.46. The van der Waals surface area contributed by atoms with Gasteiger partial charge in [0, 0.05) is 49.6 Å². The topological polar surface area (TPSA) is 70.5 Å². The monoisotopic (exact) mass is 435 g/mol. The Balaban J connectivity index is 1.29. The van der Waals surface area contributed by atoms with Crippen LogP contribution in [0.15, 0.2) is 55.1 Å². The van der Waals surface area contributed by atoms with E-state index in [2.05, 4.69) is 44.0 Å². The van der Waals surface area contributed by atoms with Gasteiger partial charge in [-0.3, -0.25) is 15.5 Å². The molecule has 0 spiro atoms. The van der Waals surface area contributed by atoms with E-state index >= 15 is 0 Å². The van der Waals surface area contributed by atoms with E-state index in [1.165, 1.54) is 6.20 Å². The Bertz CT molecular complexity index is 1190. The van der Waals surface area contributed by atoms with Crippen molar-refractivity contribution in [3.63, 3.8) is 0 Å². The van der Waals surface area contributed by atoms with Gasteiger partial charge in [-0.15, -0.1) is 0 Å². The molecule has 1 aromatic carbocycles. The van der Waals surface area contributed by atoms with Gasteiger partial charge in [0.25, 0.3) is 0 Å². The minimum absolute atomic E-state index is 0.100. The number of ether oxygens (including phenoxy) is 1. The number of hydrogen-bond donors (Lipinski definition) is 2. The Kier molecular flexibility index (Phi) is 5.18. The number of morpholine rings is 1. The highest BCUT2D eigenvalue weighted by Gasteiger charge is 2.24. The summed E-state index contributed by atoms with van der Waals surface area (Å²) in [6, 6.07) is 7.94. The van der Waals surface area contributed by atoms with Crippen molar-refractivity contribution in [3.8, 4) is 0 Å². The third kappa shape index (κ3) is 3.99. The van der Waals surface area contributed by atoms with Crippen molar-refractivity contribution < 1.29 is 9.13 Å². The maximum atomic E-state index is 14.5. The second kappa shape index (κ2) is 8.16. The van der Waals surface area contributed by atoms with Crippen LogP contribution in [-0.2, 0) is 11.8 Å². The number of hydrazine groups is 2. The molecule has 3 aromatic rings. The van der Waals surface area contributed by atoms with Crippen molar-refractivity contribution in [3.05, 3.63) is 66.5 Å². The number of aryl methyl sites for hydroxylation is 1. The number of pyridine rings is 1. The van der Waals surface area contributed by atoms with E-state index in [9.17, 15) is 4.39 Å². The van der Waals surface area contributed by atoms with Gasteiger partial charge in [-0.2, -0.15) is 5.10 Å². The number of nitrogens with one attached hydrogen (secondary N) is 2. The van der Waals surface area contributed by atoms with Crippen molar-refractivity contribution >= 4 is 28.0 Å². The smallest absolute Gasteiger partial charge is 0.166 e. The van der Waals surface area contributed by atoms with Crippen molar-refractivity contribution in [2.45, 2.75) is 26.1 Å². The van der Waals surface area contributed by atoms with E-state index in [-0.39, 0.29) is 12.2 Å². The Labute approximate surface area is 185 Å². The number of hydrogen-bond acceptors (Lipinski definition) is 7. The molecule has 0 aliphatic carbocycles. The lowest BCUT2D eigenvalue weighted by molar-refractivity contribution is -0.00546. The summed E-state index contributed by atoms with van der Waals surface area (Å²) in [5, 5.41) is 6.98. The van der Waals surface area contributed by atoms with Crippen LogP contribution in [0.1, 0.15) is 19.4 Å². The maximum Gasteiger partial charge on any atom is 0.166 e. The first-order valence-corrected chi connectivity index (χ1v) is 10.6. The van der Waals surface area contributed by atoms with Crippen LogP contribution in [0.25, 0.3) is 16.5 Å². The van der Waals surface area contributed by atoms with Crippen LogP contribution in [0.4, 0.5) is 15.9 Å². The SMILES string of the molecule is C[C@@H]1CN(c2cc(NN3C=CC(c4ccc5c(cnn5C)c4)=CN3)c(F)cn2)C[C@H](C)O1. The minimum atomic E-state index is -0.421. The summed E-state index contributed by atoms with van der Waals surface area (Å²) in [5.74, 6) is 0.299. The van der Waals surface area contributed by atoms with Crippen LogP contribution >= 0.6 is 0 Å². The van der Waals surface area contributed by atoms with E-state index < -0.39 is 5.82 Å². The zero-order valence-corrected chi connectivity index (χ0v) is 18.3. The summed E-state index contributed by atoms with van der Waals surface area (Å²) < 4.78 is 22.1. The van der Waals surface area contributed by atoms with Gasteiger partial charge >= 0.3 is 0 Å². The molecule has 166 valence electrons. The number of benzene rings is 1. The Morgan fingerprint density at radius 2 is 1.97 bits per heavy atom. The van der Waals surface area contributed by atoms with Crippen molar-refractivity contribution in [1.82, 2.24) is 25.3 Å². The van der Waals surface area contributed by atoms with E-state index in [1.54, 1.807) is 11.2 Å². The van der Waals surface area contributed by atoms with Gasteiger partial charge in [-0.1, -0.05) is 6.07 Å². The molecule has 2 aliphatic rings. The molecule has 2 aliphatic heterocycles. The maximum absolute atomic E-state index is 14.5. The lowest BCUT2D eigenvalue weighted by atomic mass is 10.0. The molecule has 0 bridgehead atoms. The number of aromatic nitrogens is 3. The summed E-state index contributed by atoms with van der Waals surface area (Å²) >= 11 is 0. The number of nitrogens with zero attached hydrogens (tertiary/aromatic N) is 5. The minimum Gasteiger partial charge on any atom is -0.372 e. The molecule has 1 fully saturated rings. The molecule has 8 nitrogen and oxygen atoms in total. The van der Waals surface area contributed by atoms with Gasteiger partial charge < -0.3 is 9.64 Å². The van der Waals surface area contributed by atoms with E-state index in [0.29, 0.717) is 5.69 Å². The molecule has 2 atom stereocenters. The molecule has 0 saturated carbocycles. The summed E-state index contributed by atoms with van der Waals surface area (Å²) in [4.78, 5) is 6.40. The van der Waals surface area contributed by atoms with Crippen molar-refractivity contribution in [2.75, 3.05) is 23.4 Å². The molecule has 0 radical (unpaired) electrons. The summed E-state index contributed by atoms with van der Waals surface area (Å²) in [5.41, 5.74) is 9.71. The van der Waals surface area contributed by atoms with Gasteiger partial charge in [0.15, 0.2) is 5.82 Å².